The number of Topliss-reactive ketones (excluding diaryl/α,β-unsaturated/α-hetero) is 1. The van der Waals surface area contributed by atoms with Gasteiger partial charge in [0, 0.05) is 18.3 Å². The summed E-state index contributed by atoms with van der Waals surface area (Å²) in [6.07, 6.45) is 1.36. The van der Waals surface area contributed by atoms with E-state index in [1.165, 1.54) is 6.92 Å². The van der Waals surface area contributed by atoms with Crippen molar-refractivity contribution in [3.05, 3.63) is 23.9 Å². The van der Waals surface area contributed by atoms with Gasteiger partial charge in [-0.05, 0) is 25.5 Å². The lowest BCUT2D eigenvalue weighted by Crippen LogP contribution is -2.21. The Hall–Kier alpha value is -1.45. The second-order valence-electron chi connectivity index (χ2n) is 3.79. The Morgan fingerprint density at radius 2 is 2.40 bits per heavy atom. The molecule has 0 saturated carbocycles. The lowest BCUT2D eigenvalue weighted by molar-refractivity contribution is 0.101. The summed E-state index contributed by atoms with van der Waals surface area (Å²) in [4.78, 5) is 17.1. The fraction of sp³-hybridized carbons (Fsp3) is 0.455. The van der Waals surface area contributed by atoms with Crippen molar-refractivity contribution in [3.63, 3.8) is 0 Å². The highest BCUT2D eigenvalue weighted by Gasteiger charge is 2.22. The normalized spacial score (nSPS) is 20.7. The zero-order valence-electron chi connectivity index (χ0n) is 8.61. The molecule has 0 N–H and O–H groups in total. The number of carbonyl (C=O) groups is 1. The topological polar surface area (TPSA) is 33.2 Å². The van der Waals surface area contributed by atoms with Gasteiger partial charge < -0.3 is 4.90 Å². The molecule has 0 spiro atoms. The summed E-state index contributed by atoms with van der Waals surface area (Å²) in [5.74, 6) is 0.749. The largest absolute Gasteiger partial charge is 0.354 e. The van der Waals surface area contributed by atoms with Crippen LogP contribution in [0.5, 0.6) is 0 Å². The van der Waals surface area contributed by atoms with Crippen molar-refractivity contribution in [1.29, 1.82) is 0 Å². The van der Waals surface area contributed by atoms with Crippen LogP contribution < -0.4 is 4.90 Å². The molecule has 1 aromatic rings. The molecule has 2 heterocycles. The smallest absolute Gasteiger partial charge is 0.161 e. The maximum Gasteiger partial charge on any atom is 0.161 e. The van der Waals surface area contributed by atoms with E-state index in [0.29, 0.717) is 25.1 Å². The second kappa shape index (κ2) is 3.96. The van der Waals surface area contributed by atoms with Crippen LogP contribution in [0, 0.1) is 0 Å². The number of alkyl halides is 1. The predicted octanol–water partition coefficient (Wildman–Crippen LogP) is 1.83. The SMILES string of the molecule is CC(=O)c1ccc(N2CCC(F)C2)nc1. The molecule has 15 heavy (non-hydrogen) atoms. The number of carbonyl (C=O) groups excluding carboxylic acids is 1. The minimum Gasteiger partial charge on any atom is -0.354 e. The molecular formula is C11H13FN2O. The molecule has 4 heteroatoms. The highest BCUT2D eigenvalue weighted by atomic mass is 19.1. The van der Waals surface area contributed by atoms with E-state index >= 15 is 0 Å². The van der Waals surface area contributed by atoms with Gasteiger partial charge in [0.1, 0.15) is 12.0 Å². The van der Waals surface area contributed by atoms with E-state index in [-0.39, 0.29) is 5.78 Å². The molecule has 80 valence electrons. The maximum atomic E-state index is 12.9. The molecular weight excluding hydrogens is 195 g/mol. The lowest BCUT2D eigenvalue weighted by atomic mass is 10.2. The van der Waals surface area contributed by atoms with E-state index < -0.39 is 6.17 Å². The van der Waals surface area contributed by atoms with Crippen molar-refractivity contribution in [2.45, 2.75) is 19.5 Å². The molecule has 1 saturated heterocycles. The molecule has 2 rings (SSSR count). The summed E-state index contributed by atoms with van der Waals surface area (Å²) >= 11 is 0. The monoisotopic (exact) mass is 208 g/mol. The van der Waals surface area contributed by atoms with E-state index in [1.807, 2.05) is 4.90 Å². The van der Waals surface area contributed by atoms with Gasteiger partial charge in [0.25, 0.3) is 0 Å². The predicted molar refractivity (Wildman–Crippen MR) is 56.0 cm³/mol. The van der Waals surface area contributed by atoms with Gasteiger partial charge in [0.2, 0.25) is 0 Å². The number of ketones is 1. The average Bonchev–Trinajstić information content (AvgIpc) is 2.65. The Morgan fingerprint density at radius 1 is 1.60 bits per heavy atom. The number of halogens is 1. The first-order valence-corrected chi connectivity index (χ1v) is 5.03. The molecule has 0 aliphatic carbocycles. The van der Waals surface area contributed by atoms with Gasteiger partial charge in [-0.2, -0.15) is 0 Å². The van der Waals surface area contributed by atoms with Gasteiger partial charge in [0.15, 0.2) is 5.78 Å². The van der Waals surface area contributed by atoms with Crippen LogP contribution in [0.3, 0.4) is 0 Å². The number of hydrogen-bond acceptors (Lipinski definition) is 3. The summed E-state index contributed by atoms with van der Waals surface area (Å²) in [7, 11) is 0. The number of nitrogens with zero attached hydrogens (tertiary/aromatic N) is 2. The molecule has 1 atom stereocenters. The van der Waals surface area contributed by atoms with Crippen molar-refractivity contribution in [2.75, 3.05) is 18.0 Å². The van der Waals surface area contributed by atoms with Crippen LogP contribution in [0.25, 0.3) is 0 Å². The van der Waals surface area contributed by atoms with Gasteiger partial charge in [-0.3, -0.25) is 4.79 Å². The van der Waals surface area contributed by atoms with Crippen LogP contribution in [0.4, 0.5) is 10.2 Å². The fourth-order valence-electron chi connectivity index (χ4n) is 1.71. The first-order chi connectivity index (χ1) is 7.16. The first-order valence-electron chi connectivity index (χ1n) is 5.03. The van der Waals surface area contributed by atoms with Gasteiger partial charge >= 0.3 is 0 Å². The molecule has 1 unspecified atom stereocenters. The third kappa shape index (κ3) is 2.14. The zero-order chi connectivity index (χ0) is 10.8. The molecule has 0 radical (unpaired) electrons. The maximum absolute atomic E-state index is 12.9. The van der Waals surface area contributed by atoms with Gasteiger partial charge in [-0.25, -0.2) is 9.37 Å². The highest BCUT2D eigenvalue weighted by Crippen LogP contribution is 2.19. The average molecular weight is 208 g/mol. The molecule has 1 aliphatic rings. The van der Waals surface area contributed by atoms with Crippen molar-refractivity contribution in [1.82, 2.24) is 4.98 Å². The third-order valence-corrected chi connectivity index (χ3v) is 2.61. The summed E-state index contributed by atoms with van der Waals surface area (Å²) in [6.45, 7) is 2.62. The Labute approximate surface area is 87.9 Å². The first kappa shape index (κ1) is 10.1. The number of hydrogen-bond donors (Lipinski definition) is 0. The molecule has 1 aromatic heterocycles. The van der Waals surface area contributed by atoms with Crippen LogP contribution in [0.15, 0.2) is 18.3 Å². The second-order valence-corrected chi connectivity index (χ2v) is 3.79. The van der Waals surface area contributed by atoms with Crippen LogP contribution in [0.2, 0.25) is 0 Å². The molecule has 1 aliphatic heterocycles. The molecule has 0 bridgehead atoms. The summed E-state index contributed by atoms with van der Waals surface area (Å²) in [5.41, 5.74) is 0.592. The molecule has 0 aromatic carbocycles. The van der Waals surface area contributed by atoms with E-state index in [2.05, 4.69) is 4.98 Å². The van der Waals surface area contributed by atoms with Crippen LogP contribution in [-0.4, -0.2) is 30.0 Å². The van der Waals surface area contributed by atoms with Crippen molar-refractivity contribution in [3.8, 4) is 0 Å². The lowest BCUT2D eigenvalue weighted by Gasteiger charge is -2.15. The third-order valence-electron chi connectivity index (χ3n) is 2.61. The minimum absolute atomic E-state index is 0.00107. The number of pyridine rings is 1. The number of aromatic nitrogens is 1. The highest BCUT2D eigenvalue weighted by molar-refractivity contribution is 5.93. The summed E-state index contributed by atoms with van der Waals surface area (Å²) in [6, 6.07) is 3.50. The van der Waals surface area contributed by atoms with Crippen LogP contribution >= 0.6 is 0 Å². The molecule has 3 nitrogen and oxygen atoms in total. The number of anilines is 1. The Balaban J connectivity index is 2.13. The summed E-state index contributed by atoms with van der Waals surface area (Å²) < 4.78 is 12.9. The van der Waals surface area contributed by atoms with E-state index in [0.717, 1.165) is 5.82 Å². The zero-order valence-corrected chi connectivity index (χ0v) is 8.61. The molecule has 1 fully saturated rings. The fourth-order valence-corrected chi connectivity index (χ4v) is 1.71. The Bertz CT molecular complexity index is 363. The van der Waals surface area contributed by atoms with E-state index in [1.54, 1.807) is 18.3 Å². The van der Waals surface area contributed by atoms with E-state index in [4.69, 9.17) is 0 Å². The number of rotatable bonds is 2. The Morgan fingerprint density at radius 3 is 2.87 bits per heavy atom. The van der Waals surface area contributed by atoms with Crippen molar-refractivity contribution >= 4 is 11.6 Å². The quantitative estimate of drug-likeness (QED) is 0.695. The standard InChI is InChI=1S/C11H13FN2O/c1-8(15)9-2-3-11(13-6-9)14-5-4-10(12)7-14/h2-3,6,10H,4-5,7H2,1H3. The van der Waals surface area contributed by atoms with Gasteiger partial charge in [-0.1, -0.05) is 0 Å². The van der Waals surface area contributed by atoms with Crippen molar-refractivity contribution < 1.29 is 9.18 Å². The summed E-state index contributed by atoms with van der Waals surface area (Å²) in [5, 5.41) is 0. The molecule has 0 amide bonds. The van der Waals surface area contributed by atoms with Gasteiger partial charge in [-0.15, -0.1) is 0 Å². The van der Waals surface area contributed by atoms with Crippen molar-refractivity contribution in [2.24, 2.45) is 0 Å². The van der Waals surface area contributed by atoms with Gasteiger partial charge in [0.05, 0.1) is 6.54 Å². The minimum atomic E-state index is -0.751. The Kier molecular flexibility index (Phi) is 2.66. The van der Waals surface area contributed by atoms with Crippen LogP contribution in [-0.2, 0) is 0 Å². The van der Waals surface area contributed by atoms with E-state index in [9.17, 15) is 9.18 Å². The van der Waals surface area contributed by atoms with Crippen LogP contribution in [0.1, 0.15) is 23.7 Å².